The third-order valence-corrected chi connectivity index (χ3v) is 4.11. The van der Waals surface area contributed by atoms with Gasteiger partial charge < -0.3 is 20.1 Å². The summed E-state index contributed by atoms with van der Waals surface area (Å²) in [5.74, 6) is -0.805. The van der Waals surface area contributed by atoms with Crippen molar-refractivity contribution in [1.82, 2.24) is 10.2 Å². The van der Waals surface area contributed by atoms with E-state index in [9.17, 15) is 9.59 Å². The summed E-state index contributed by atoms with van der Waals surface area (Å²) in [5, 5.41) is 11.8. The number of nitrogens with zero attached hydrogens (tertiary/aromatic N) is 1. The highest BCUT2D eigenvalue weighted by Gasteiger charge is 2.50. The average molecular weight is 284 g/mol. The predicted octanol–water partition coefficient (Wildman–Crippen LogP) is 1.45. The lowest BCUT2D eigenvalue weighted by molar-refractivity contribution is -0.143. The standard InChI is InChI=1S/C14H24N2O4/c1-2-8-20-11-4-3-7-16(9-11)13(19)15-10-14(5-6-14)12(17)18/h11H,2-10H2,1H3,(H,15,19)(H,17,18). The molecule has 0 aromatic rings. The maximum Gasteiger partial charge on any atom is 0.317 e. The lowest BCUT2D eigenvalue weighted by Crippen LogP contribution is -2.49. The van der Waals surface area contributed by atoms with Crippen LogP contribution in [0.2, 0.25) is 0 Å². The summed E-state index contributed by atoms with van der Waals surface area (Å²) in [6, 6.07) is -0.165. The van der Waals surface area contributed by atoms with Gasteiger partial charge in [-0.25, -0.2) is 4.79 Å². The number of likely N-dealkylation sites (tertiary alicyclic amines) is 1. The second kappa shape index (κ2) is 6.43. The number of amides is 2. The molecule has 2 N–H and O–H groups in total. The molecule has 0 spiro atoms. The number of carboxylic acids is 1. The van der Waals surface area contributed by atoms with Crippen molar-refractivity contribution in [3.63, 3.8) is 0 Å². The molecule has 1 aliphatic heterocycles. The average Bonchev–Trinajstić information content (AvgIpc) is 3.24. The number of nitrogens with one attached hydrogen (secondary N) is 1. The molecule has 1 saturated carbocycles. The van der Waals surface area contributed by atoms with Crippen molar-refractivity contribution < 1.29 is 19.4 Å². The zero-order valence-corrected chi connectivity index (χ0v) is 12.1. The van der Waals surface area contributed by atoms with Crippen molar-refractivity contribution in [2.45, 2.75) is 45.1 Å². The molecule has 1 aliphatic carbocycles. The minimum absolute atomic E-state index is 0.115. The van der Waals surface area contributed by atoms with Crippen LogP contribution in [-0.4, -0.2) is 54.4 Å². The summed E-state index contributed by atoms with van der Waals surface area (Å²) >= 11 is 0. The Bertz CT molecular complexity index is 368. The lowest BCUT2D eigenvalue weighted by atomic mass is 10.1. The van der Waals surface area contributed by atoms with E-state index in [4.69, 9.17) is 9.84 Å². The van der Waals surface area contributed by atoms with E-state index in [0.29, 0.717) is 19.4 Å². The summed E-state index contributed by atoms with van der Waals surface area (Å²) in [7, 11) is 0. The van der Waals surface area contributed by atoms with Crippen LogP contribution in [0.5, 0.6) is 0 Å². The van der Waals surface area contributed by atoms with Crippen LogP contribution in [0.15, 0.2) is 0 Å². The van der Waals surface area contributed by atoms with Gasteiger partial charge in [0.1, 0.15) is 0 Å². The highest BCUT2D eigenvalue weighted by molar-refractivity contribution is 5.80. The second-order valence-electron chi connectivity index (χ2n) is 5.83. The van der Waals surface area contributed by atoms with Gasteiger partial charge in [-0.15, -0.1) is 0 Å². The smallest absolute Gasteiger partial charge is 0.317 e. The molecule has 2 rings (SSSR count). The Labute approximate surface area is 119 Å². The monoisotopic (exact) mass is 284 g/mol. The Balaban J connectivity index is 1.76. The quantitative estimate of drug-likeness (QED) is 0.774. The third kappa shape index (κ3) is 3.62. The molecule has 1 unspecified atom stereocenters. The van der Waals surface area contributed by atoms with Crippen LogP contribution in [0.25, 0.3) is 0 Å². The van der Waals surface area contributed by atoms with E-state index >= 15 is 0 Å². The first kappa shape index (κ1) is 15.1. The number of piperidine rings is 1. The van der Waals surface area contributed by atoms with Crippen molar-refractivity contribution in [2.75, 3.05) is 26.2 Å². The molecule has 6 heteroatoms. The highest BCUT2D eigenvalue weighted by atomic mass is 16.5. The summed E-state index contributed by atoms with van der Waals surface area (Å²) < 4.78 is 5.69. The number of aliphatic carboxylic acids is 1. The first-order chi connectivity index (χ1) is 9.57. The van der Waals surface area contributed by atoms with E-state index in [1.54, 1.807) is 4.90 Å². The van der Waals surface area contributed by atoms with Crippen LogP contribution < -0.4 is 5.32 Å². The van der Waals surface area contributed by atoms with Gasteiger partial charge in [0.2, 0.25) is 0 Å². The zero-order chi connectivity index (χ0) is 14.6. The van der Waals surface area contributed by atoms with Gasteiger partial charge in [-0.1, -0.05) is 6.92 Å². The Kier molecular flexibility index (Phi) is 4.86. The molecular formula is C14H24N2O4. The highest BCUT2D eigenvalue weighted by Crippen LogP contribution is 2.45. The van der Waals surface area contributed by atoms with Gasteiger partial charge in [0.15, 0.2) is 0 Å². The van der Waals surface area contributed by atoms with Crippen molar-refractivity contribution in [3.05, 3.63) is 0 Å². The predicted molar refractivity (Wildman–Crippen MR) is 73.5 cm³/mol. The molecule has 2 amide bonds. The van der Waals surface area contributed by atoms with Gasteiger partial charge in [0, 0.05) is 26.2 Å². The maximum atomic E-state index is 12.1. The van der Waals surface area contributed by atoms with Crippen LogP contribution in [-0.2, 0) is 9.53 Å². The minimum atomic E-state index is -0.805. The van der Waals surface area contributed by atoms with Crippen LogP contribution in [0.3, 0.4) is 0 Å². The first-order valence-corrected chi connectivity index (χ1v) is 7.45. The molecule has 6 nitrogen and oxygen atoms in total. The molecule has 0 radical (unpaired) electrons. The second-order valence-corrected chi connectivity index (χ2v) is 5.83. The summed E-state index contributed by atoms with van der Waals surface area (Å²) in [6.45, 7) is 4.35. The molecular weight excluding hydrogens is 260 g/mol. The molecule has 0 aromatic heterocycles. The number of hydrogen-bond donors (Lipinski definition) is 2. The fourth-order valence-electron chi connectivity index (χ4n) is 2.52. The van der Waals surface area contributed by atoms with Crippen LogP contribution >= 0.6 is 0 Å². The van der Waals surface area contributed by atoms with Gasteiger partial charge in [0.05, 0.1) is 11.5 Å². The Morgan fingerprint density at radius 2 is 2.20 bits per heavy atom. The number of carboxylic acid groups (broad SMARTS) is 1. The maximum absolute atomic E-state index is 12.1. The van der Waals surface area contributed by atoms with Gasteiger partial charge in [-0.2, -0.15) is 0 Å². The van der Waals surface area contributed by atoms with Crippen molar-refractivity contribution in [3.8, 4) is 0 Å². The minimum Gasteiger partial charge on any atom is -0.481 e. The van der Waals surface area contributed by atoms with Crippen molar-refractivity contribution in [1.29, 1.82) is 0 Å². The fourth-order valence-corrected chi connectivity index (χ4v) is 2.52. The summed E-state index contributed by atoms with van der Waals surface area (Å²) in [5.41, 5.74) is -0.705. The summed E-state index contributed by atoms with van der Waals surface area (Å²) in [4.78, 5) is 24.9. The van der Waals surface area contributed by atoms with E-state index in [1.807, 2.05) is 0 Å². The molecule has 1 saturated heterocycles. The Morgan fingerprint density at radius 3 is 2.80 bits per heavy atom. The first-order valence-electron chi connectivity index (χ1n) is 7.45. The molecule has 2 aliphatic rings. The van der Waals surface area contributed by atoms with E-state index < -0.39 is 11.4 Å². The third-order valence-electron chi connectivity index (χ3n) is 4.11. The number of hydrogen-bond acceptors (Lipinski definition) is 3. The van der Waals surface area contributed by atoms with Crippen molar-refractivity contribution >= 4 is 12.0 Å². The summed E-state index contributed by atoms with van der Waals surface area (Å²) in [6.07, 6.45) is 4.33. The van der Waals surface area contributed by atoms with Gasteiger partial charge >= 0.3 is 12.0 Å². The van der Waals surface area contributed by atoms with Crippen LogP contribution in [0, 0.1) is 5.41 Å². The van der Waals surface area contributed by atoms with Crippen LogP contribution in [0.1, 0.15) is 39.0 Å². The number of rotatable bonds is 6. The molecule has 1 heterocycles. The topological polar surface area (TPSA) is 78.9 Å². The molecule has 0 bridgehead atoms. The number of urea groups is 1. The molecule has 114 valence electrons. The molecule has 20 heavy (non-hydrogen) atoms. The molecule has 2 fully saturated rings. The number of carbonyl (C=O) groups is 2. The SMILES string of the molecule is CCCOC1CCCN(C(=O)NCC2(C(=O)O)CC2)C1. The fraction of sp³-hybridized carbons (Fsp3) is 0.857. The zero-order valence-electron chi connectivity index (χ0n) is 12.1. The van der Waals surface area contributed by atoms with Gasteiger partial charge in [-0.3, -0.25) is 4.79 Å². The van der Waals surface area contributed by atoms with E-state index in [2.05, 4.69) is 12.2 Å². The largest absolute Gasteiger partial charge is 0.481 e. The van der Waals surface area contributed by atoms with Gasteiger partial charge in [0.25, 0.3) is 0 Å². The van der Waals surface area contributed by atoms with E-state index in [1.165, 1.54) is 0 Å². The van der Waals surface area contributed by atoms with Crippen molar-refractivity contribution in [2.24, 2.45) is 5.41 Å². The van der Waals surface area contributed by atoms with Gasteiger partial charge in [-0.05, 0) is 32.1 Å². The van der Waals surface area contributed by atoms with E-state index in [0.717, 1.165) is 32.4 Å². The Morgan fingerprint density at radius 1 is 1.45 bits per heavy atom. The Hall–Kier alpha value is -1.30. The normalized spacial score (nSPS) is 24.2. The van der Waals surface area contributed by atoms with Crippen LogP contribution in [0.4, 0.5) is 4.79 Å². The molecule has 1 atom stereocenters. The van der Waals surface area contributed by atoms with E-state index in [-0.39, 0.29) is 18.7 Å². The molecule has 0 aromatic carbocycles. The number of carbonyl (C=O) groups excluding carboxylic acids is 1. The number of ether oxygens (including phenoxy) is 1. The lowest BCUT2D eigenvalue weighted by Gasteiger charge is -2.33.